The van der Waals surface area contributed by atoms with Gasteiger partial charge in [0.2, 0.25) is 5.82 Å². The van der Waals surface area contributed by atoms with Crippen LogP contribution >= 0.6 is 0 Å². The highest BCUT2D eigenvalue weighted by Gasteiger charge is 2.35. The molecule has 0 aromatic carbocycles. The van der Waals surface area contributed by atoms with Crippen molar-refractivity contribution in [3.63, 3.8) is 0 Å². The average molecular weight is 330 g/mol. The van der Waals surface area contributed by atoms with E-state index in [1.807, 2.05) is 0 Å². The molecule has 0 spiro atoms. The first-order chi connectivity index (χ1) is 11.6. The maximum absolute atomic E-state index is 12.0. The number of nitrogens with one attached hydrogen (secondary N) is 1. The predicted molar refractivity (Wildman–Crippen MR) is 81.0 cm³/mol. The zero-order valence-electron chi connectivity index (χ0n) is 12.4. The quantitative estimate of drug-likeness (QED) is 0.563. The number of ether oxygens (including phenoxy) is 1. The molecule has 3 rings (SSSR count). The molecule has 9 heteroatoms. The van der Waals surface area contributed by atoms with Crippen LogP contribution in [-0.4, -0.2) is 48.5 Å². The standard InChI is InChI=1S/C15H14N4O5/c20-8-11-10(21)6-13(24-11)19-7-9(14(22)18-15(19)23)2-3-12-16-4-1-5-17-12/h1,4-5,7,10-11,13,20-21H,6,8H2,(H,18,22,23)/t10-,11+,13+/m0/s1. The van der Waals surface area contributed by atoms with Crippen LogP contribution in [0.2, 0.25) is 0 Å². The lowest BCUT2D eigenvalue weighted by Gasteiger charge is -2.14. The highest BCUT2D eigenvalue weighted by atomic mass is 16.5. The Morgan fingerprint density at radius 2 is 2.08 bits per heavy atom. The maximum atomic E-state index is 12.0. The van der Waals surface area contributed by atoms with E-state index in [-0.39, 0.29) is 24.4 Å². The molecule has 3 heterocycles. The minimum Gasteiger partial charge on any atom is -0.394 e. The number of aromatic nitrogens is 4. The number of aromatic amines is 1. The molecule has 3 N–H and O–H groups in total. The zero-order chi connectivity index (χ0) is 17.1. The number of rotatable bonds is 2. The summed E-state index contributed by atoms with van der Waals surface area (Å²) in [5.41, 5.74) is -1.29. The summed E-state index contributed by atoms with van der Waals surface area (Å²) in [7, 11) is 0. The molecular formula is C15H14N4O5. The highest BCUT2D eigenvalue weighted by Crippen LogP contribution is 2.27. The van der Waals surface area contributed by atoms with E-state index in [0.29, 0.717) is 0 Å². The van der Waals surface area contributed by atoms with Gasteiger partial charge in [0, 0.05) is 25.0 Å². The van der Waals surface area contributed by atoms with Crippen molar-refractivity contribution in [2.24, 2.45) is 0 Å². The third-order valence-corrected chi connectivity index (χ3v) is 3.54. The summed E-state index contributed by atoms with van der Waals surface area (Å²) < 4.78 is 6.55. The van der Waals surface area contributed by atoms with E-state index in [1.165, 1.54) is 18.6 Å². The van der Waals surface area contributed by atoms with Crippen LogP contribution in [0.4, 0.5) is 0 Å². The van der Waals surface area contributed by atoms with Gasteiger partial charge in [0.1, 0.15) is 17.9 Å². The molecule has 1 aliphatic heterocycles. The van der Waals surface area contributed by atoms with Gasteiger partial charge in [-0.05, 0) is 12.0 Å². The van der Waals surface area contributed by atoms with E-state index in [9.17, 15) is 14.7 Å². The first-order valence-corrected chi connectivity index (χ1v) is 7.17. The lowest BCUT2D eigenvalue weighted by atomic mass is 10.2. The third-order valence-electron chi connectivity index (χ3n) is 3.54. The van der Waals surface area contributed by atoms with Crippen molar-refractivity contribution in [3.8, 4) is 11.8 Å². The van der Waals surface area contributed by atoms with Crippen molar-refractivity contribution < 1.29 is 14.9 Å². The van der Waals surface area contributed by atoms with Gasteiger partial charge in [-0.15, -0.1) is 0 Å². The van der Waals surface area contributed by atoms with E-state index < -0.39 is 29.7 Å². The van der Waals surface area contributed by atoms with Crippen molar-refractivity contribution in [1.29, 1.82) is 0 Å². The van der Waals surface area contributed by atoms with E-state index in [0.717, 1.165) is 4.57 Å². The number of hydrogen-bond donors (Lipinski definition) is 3. The van der Waals surface area contributed by atoms with Gasteiger partial charge in [-0.3, -0.25) is 14.3 Å². The SMILES string of the molecule is O=c1[nH]c(=O)n([C@H]2C[C@H](O)[C@@H](CO)O2)cc1C#Cc1ncccn1. The van der Waals surface area contributed by atoms with Crippen molar-refractivity contribution in [3.05, 3.63) is 56.9 Å². The predicted octanol–water partition coefficient (Wildman–Crippen LogP) is -1.63. The fourth-order valence-electron chi connectivity index (χ4n) is 2.33. The zero-order valence-corrected chi connectivity index (χ0v) is 12.4. The van der Waals surface area contributed by atoms with Crippen molar-refractivity contribution in [2.75, 3.05) is 6.61 Å². The lowest BCUT2D eigenvalue weighted by molar-refractivity contribution is -0.0459. The minimum absolute atomic E-state index is 0.0348. The number of aliphatic hydroxyl groups excluding tert-OH is 2. The van der Waals surface area contributed by atoms with Crippen LogP contribution in [0.3, 0.4) is 0 Å². The Balaban J connectivity index is 1.94. The van der Waals surface area contributed by atoms with Crippen LogP contribution in [0.1, 0.15) is 24.0 Å². The van der Waals surface area contributed by atoms with E-state index >= 15 is 0 Å². The highest BCUT2D eigenvalue weighted by molar-refractivity contribution is 5.34. The molecule has 0 radical (unpaired) electrons. The fourth-order valence-corrected chi connectivity index (χ4v) is 2.33. The first-order valence-electron chi connectivity index (χ1n) is 7.17. The van der Waals surface area contributed by atoms with Crippen molar-refractivity contribution >= 4 is 0 Å². The Bertz CT molecular complexity index is 896. The molecule has 0 bridgehead atoms. The topological polar surface area (TPSA) is 130 Å². The molecule has 1 aliphatic rings. The summed E-state index contributed by atoms with van der Waals surface area (Å²) in [5, 5.41) is 18.9. The monoisotopic (exact) mass is 330 g/mol. The van der Waals surface area contributed by atoms with E-state index in [1.54, 1.807) is 6.07 Å². The van der Waals surface area contributed by atoms with Crippen molar-refractivity contribution in [2.45, 2.75) is 24.9 Å². The summed E-state index contributed by atoms with van der Waals surface area (Å²) in [6, 6.07) is 1.64. The Morgan fingerprint density at radius 3 is 2.75 bits per heavy atom. The van der Waals surface area contributed by atoms with Gasteiger partial charge in [-0.2, -0.15) is 0 Å². The molecular weight excluding hydrogens is 316 g/mol. The van der Waals surface area contributed by atoms with Crippen LogP contribution in [0.25, 0.3) is 0 Å². The smallest absolute Gasteiger partial charge is 0.330 e. The molecule has 0 unspecified atom stereocenters. The molecule has 3 atom stereocenters. The van der Waals surface area contributed by atoms with Gasteiger partial charge in [0.05, 0.1) is 12.7 Å². The lowest BCUT2D eigenvalue weighted by Crippen LogP contribution is -2.33. The number of hydrogen-bond acceptors (Lipinski definition) is 7. The van der Waals surface area contributed by atoms with Crippen LogP contribution in [-0.2, 0) is 4.74 Å². The number of H-pyrrole nitrogens is 1. The van der Waals surface area contributed by atoms with Crippen LogP contribution < -0.4 is 11.2 Å². The average Bonchev–Trinajstić information content (AvgIpc) is 2.95. The summed E-state index contributed by atoms with van der Waals surface area (Å²) in [5.74, 6) is 5.48. The van der Waals surface area contributed by atoms with Crippen molar-refractivity contribution in [1.82, 2.24) is 19.5 Å². The van der Waals surface area contributed by atoms with Gasteiger partial charge >= 0.3 is 5.69 Å². The van der Waals surface area contributed by atoms with Crippen LogP contribution in [0, 0.1) is 11.8 Å². The number of aliphatic hydroxyl groups is 2. The molecule has 0 aliphatic carbocycles. The normalized spacial score (nSPS) is 22.8. The maximum Gasteiger partial charge on any atom is 0.330 e. The Labute approximate surface area is 135 Å². The molecule has 1 fully saturated rings. The molecule has 0 saturated carbocycles. The summed E-state index contributed by atoms with van der Waals surface area (Å²) >= 11 is 0. The second-order valence-electron chi connectivity index (χ2n) is 5.15. The first kappa shape index (κ1) is 16.1. The largest absolute Gasteiger partial charge is 0.394 e. The van der Waals surface area contributed by atoms with E-state index in [4.69, 9.17) is 9.84 Å². The van der Waals surface area contributed by atoms with E-state index in [2.05, 4.69) is 26.8 Å². The Morgan fingerprint density at radius 1 is 1.33 bits per heavy atom. The summed E-state index contributed by atoms with van der Waals surface area (Å²) in [4.78, 5) is 33.8. The molecule has 2 aromatic rings. The second kappa shape index (κ2) is 6.76. The molecule has 124 valence electrons. The van der Waals surface area contributed by atoms with Gasteiger partial charge in [-0.1, -0.05) is 5.92 Å². The molecule has 24 heavy (non-hydrogen) atoms. The van der Waals surface area contributed by atoms with Gasteiger partial charge in [0.25, 0.3) is 5.56 Å². The Kier molecular flexibility index (Phi) is 4.52. The van der Waals surface area contributed by atoms with Gasteiger partial charge in [0.15, 0.2) is 0 Å². The fraction of sp³-hybridized carbons (Fsp3) is 0.333. The molecule has 2 aromatic heterocycles. The molecule has 1 saturated heterocycles. The van der Waals surface area contributed by atoms with Crippen LogP contribution in [0.15, 0.2) is 34.2 Å². The van der Waals surface area contributed by atoms with Gasteiger partial charge in [-0.25, -0.2) is 14.8 Å². The molecule has 9 nitrogen and oxygen atoms in total. The van der Waals surface area contributed by atoms with Crippen LogP contribution in [0.5, 0.6) is 0 Å². The minimum atomic E-state index is -0.897. The summed E-state index contributed by atoms with van der Waals surface area (Å²) in [6.45, 7) is -0.367. The molecule has 0 amide bonds. The Hall–Kier alpha value is -2.80. The summed E-state index contributed by atoms with van der Waals surface area (Å²) in [6.07, 6.45) is 1.94. The second-order valence-corrected chi connectivity index (χ2v) is 5.15. The third kappa shape index (κ3) is 3.26. The van der Waals surface area contributed by atoms with Gasteiger partial charge < -0.3 is 14.9 Å². The number of nitrogens with zero attached hydrogens (tertiary/aromatic N) is 3.